The molecule has 0 unspecified atom stereocenters. The zero-order valence-corrected chi connectivity index (χ0v) is 11.4. The predicted octanol–water partition coefficient (Wildman–Crippen LogP) is 4.56. The summed E-state index contributed by atoms with van der Waals surface area (Å²) < 4.78 is 0. The molecule has 0 N–H and O–H groups in total. The molecule has 1 aliphatic heterocycles. The van der Waals surface area contributed by atoms with E-state index in [1.807, 2.05) is 18.2 Å². The van der Waals surface area contributed by atoms with Crippen LogP contribution in [0.1, 0.15) is 11.1 Å². The first-order chi connectivity index (χ1) is 8.72. The van der Waals surface area contributed by atoms with Crippen LogP contribution in [-0.2, 0) is 13.0 Å². The Bertz CT molecular complexity index is 563. The van der Waals surface area contributed by atoms with Crippen LogP contribution in [0.25, 0.3) is 0 Å². The van der Waals surface area contributed by atoms with Gasteiger partial charge in [-0.25, -0.2) is 0 Å². The Morgan fingerprint density at radius 2 is 1.56 bits per heavy atom. The van der Waals surface area contributed by atoms with Crippen LogP contribution in [0, 0.1) is 0 Å². The van der Waals surface area contributed by atoms with E-state index in [2.05, 4.69) is 29.2 Å². The Kier molecular flexibility index (Phi) is 3.19. The largest absolute Gasteiger partial charge is 0.367 e. The van der Waals surface area contributed by atoms with Crippen LogP contribution in [0.15, 0.2) is 42.5 Å². The third-order valence-corrected chi connectivity index (χ3v) is 3.86. The average Bonchev–Trinajstić information content (AvgIpc) is 2.39. The predicted molar refractivity (Wildman–Crippen MR) is 77.7 cm³/mol. The van der Waals surface area contributed by atoms with Gasteiger partial charge in [-0.3, -0.25) is 0 Å². The Balaban J connectivity index is 1.86. The van der Waals surface area contributed by atoms with Gasteiger partial charge < -0.3 is 4.90 Å². The fraction of sp³-hybridized carbons (Fsp3) is 0.200. The molecule has 0 aliphatic carbocycles. The molecule has 0 aromatic heterocycles. The van der Waals surface area contributed by atoms with Crippen molar-refractivity contribution in [1.29, 1.82) is 0 Å². The minimum atomic E-state index is 0.781. The molecule has 0 saturated carbocycles. The molecule has 0 radical (unpaired) electrons. The Hall–Kier alpha value is -1.18. The highest BCUT2D eigenvalue weighted by atomic mass is 35.5. The van der Waals surface area contributed by atoms with Gasteiger partial charge in [-0.05, 0) is 53.9 Å². The molecule has 0 bridgehead atoms. The summed E-state index contributed by atoms with van der Waals surface area (Å²) >= 11 is 11.9. The maximum absolute atomic E-state index is 6.02. The van der Waals surface area contributed by atoms with Crippen LogP contribution in [-0.4, -0.2) is 6.54 Å². The van der Waals surface area contributed by atoms with Crippen molar-refractivity contribution >= 4 is 28.9 Å². The van der Waals surface area contributed by atoms with Crippen molar-refractivity contribution in [3.63, 3.8) is 0 Å². The number of nitrogens with zero attached hydrogens (tertiary/aromatic N) is 1. The van der Waals surface area contributed by atoms with Gasteiger partial charge in [0, 0.05) is 28.8 Å². The smallest absolute Gasteiger partial charge is 0.0432 e. The molecule has 0 amide bonds. The number of benzene rings is 2. The fourth-order valence-electron chi connectivity index (χ4n) is 2.39. The van der Waals surface area contributed by atoms with E-state index in [1.54, 1.807) is 0 Å². The first-order valence-electron chi connectivity index (χ1n) is 6.00. The van der Waals surface area contributed by atoms with Gasteiger partial charge in [-0.15, -0.1) is 0 Å². The summed E-state index contributed by atoms with van der Waals surface area (Å²) in [5.41, 5.74) is 3.95. The Morgan fingerprint density at radius 3 is 2.33 bits per heavy atom. The molecule has 2 aromatic carbocycles. The number of rotatable bonds is 1. The zero-order chi connectivity index (χ0) is 12.5. The van der Waals surface area contributed by atoms with Crippen molar-refractivity contribution in [2.45, 2.75) is 13.0 Å². The second-order valence-corrected chi connectivity index (χ2v) is 5.43. The molecule has 0 spiro atoms. The van der Waals surface area contributed by atoms with Gasteiger partial charge in [0.1, 0.15) is 0 Å². The van der Waals surface area contributed by atoms with Crippen molar-refractivity contribution in [2.24, 2.45) is 0 Å². The number of fused-ring (bicyclic) bond motifs is 1. The van der Waals surface area contributed by atoms with E-state index < -0.39 is 0 Å². The highest BCUT2D eigenvalue weighted by Crippen LogP contribution is 2.27. The molecule has 3 rings (SSSR count). The van der Waals surface area contributed by atoms with E-state index in [0.29, 0.717) is 0 Å². The van der Waals surface area contributed by atoms with Gasteiger partial charge in [0.15, 0.2) is 0 Å². The highest BCUT2D eigenvalue weighted by Gasteiger charge is 2.16. The quantitative estimate of drug-likeness (QED) is 0.739. The van der Waals surface area contributed by atoms with Crippen LogP contribution < -0.4 is 4.90 Å². The number of hydrogen-bond acceptors (Lipinski definition) is 1. The molecule has 0 saturated heterocycles. The van der Waals surface area contributed by atoms with Crippen molar-refractivity contribution in [3.05, 3.63) is 63.6 Å². The van der Waals surface area contributed by atoms with Crippen molar-refractivity contribution in [3.8, 4) is 0 Å². The standard InChI is InChI=1S/C15H13Cl2N/c16-13-3-5-15(6-4-13)18-8-7-11-9-14(17)2-1-12(11)10-18/h1-6,9H,7-8,10H2. The van der Waals surface area contributed by atoms with Crippen molar-refractivity contribution in [1.82, 2.24) is 0 Å². The SMILES string of the molecule is Clc1ccc(N2CCc3cc(Cl)ccc3C2)cc1. The Labute approximate surface area is 117 Å². The number of halogens is 2. The lowest BCUT2D eigenvalue weighted by Gasteiger charge is -2.30. The molecular formula is C15H13Cl2N. The van der Waals surface area contributed by atoms with Crippen molar-refractivity contribution in [2.75, 3.05) is 11.4 Å². The lowest BCUT2D eigenvalue weighted by molar-refractivity contribution is 0.732. The second-order valence-electron chi connectivity index (χ2n) is 4.56. The molecule has 92 valence electrons. The van der Waals surface area contributed by atoms with Gasteiger partial charge in [0.2, 0.25) is 0 Å². The molecular weight excluding hydrogens is 265 g/mol. The molecule has 1 aliphatic rings. The fourth-order valence-corrected chi connectivity index (χ4v) is 2.71. The molecule has 2 aromatic rings. The summed E-state index contributed by atoms with van der Waals surface area (Å²) in [4.78, 5) is 2.37. The first kappa shape index (κ1) is 11.9. The molecule has 1 heterocycles. The summed E-state index contributed by atoms with van der Waals surface area (Å²) in [6, 6.07) is 14.2. The normalized spacial score (nSPS) is 14.4. The van der Waals surface area contributed by atoms with Crippen LogP contribution >= 0.6 is 23.2 Å². The summed E-state index contributed by atoms with van der Waals surface area (Å²) in [7, 11) is 0. The first-order valence-corrected chi connectivity index (χ1v) is 6.76. The van der Waals surface area contributed by atoms with Crippen LogP contribution in [0.3, 0.4) is 0 Å². The van der Waals surface area contributed by atoms with E-state index in [0.717, 1.165) is 29.6 Å². The summed E-state index contributed by atoms with van der Waals surface area (Å²) in [6.45, 7) is 1.96. The third-order valence-electron chi connectivity index (χ3n) is 3.37. The lowest BCUT2D eigenvalue weighted by atomic mass is 9.99. The minimum absolute atomic E-state index is 0.781. The topological polar surface area (TPSA) is 3.24 Å². The van der Waals surface area contributed by atoms with Gasteiger partial charge in [-0.2, -0.15) is 0 Å². The van der Waals surface area contributed by atoms with E-state index >= 15 is 0 Å². The Morgan fingerprint density at radius 1 is 0.833 bits per heavy atom. The van der Waals surface area contributed by atoms with Gasteiger partial charge in [0.25, 0.3) is 0 Å². The van der Waals surface area contributed by atoms with Gasteiger partial charge in [0.05, 0.1) is 0 Å². The van der Waals surface area contributed by atoms with Crippen LogP contribution in [0.2, 0.25) is 10.0 Å². The maximum atomic E-state index is 6.02. The summed E-state index contributed by atoms with van der Waals surface area (Å²) in [6.07, 6.45) is 1.04. The molecule has 18 heavy (non-hydrogen) atoms. The highest BCUT2D eigenvalue weighted by molar-refractivity contribution is 6.30. The molecule has 0 fully saturated rings. The van der Waals surface area contributed by atoms with Gasteiger partial charge >= 0.3 is 0 Å². The summed E-state index contributed by atoms with van der Waals surface area (Å²) in [5, 5.41) is 1.61. The van der Waals surface area contributed by atoms with E-state index in [4.69, 9.17) is 23.2 Å². The second kappa shape index (κ2) is 4.83. The lowest BCUT2D eigenvalue weighted by Crippen LogP contribution is -2.30. The number of hydrogen-bond donors (Lipinski definition) is 0. The summed E-state index contributed by atoms with van der Waals surface area (Å²) in [5.74, 6) is 0. The van der Waals surface area contributed by atoms with E-state index in [1.165, 1.54) is 16.8 Å². The minimum Gasteiger partial charge on any atom is -0.367 e. The average molecular weight is 278 g/mol. The maximum Gasteiger partial charge on any atom is 0.0432 e. The van der Waals surface area contributed by atoms with Crippen LogP contribution in [0.5, 0.6) is 0 Å². The van der Waals surface area contributed by atoms with E-state index in [-0.39, 0.29) is 0 Å². The van der Waals surface area contributed by atoms with Crippen LogP contribution in [0.4, 0.5) is 5.69 Å². The van der Waals surface area contributed by atoms with Crippen molar-refractivity contribution < 1.29 is 0 Å². The monoisotopic (exact) mass is 277 g/mol. The van der Waals surface area contributed by atoms with Gasteiger partial charge in [-0.1, -0.05) is 29.3 Å². The van der Waals surface area contributed by atoms with E-state index in [9.17, 15) is 0 Å². The molecule has 1 nitrogen and oxygen atoms in total. The zero-order valence-electron chi connectivity index (χ0n) is 9.87. The molecule has 0 atom stereocenters. The number of anilines is 1. The third kappa shape index (κ3) is 2.33. The molecule has 3 heteroatoms.